The minimum absolute atomic E-state index is 0.452. The third-order valence-corrected chi connectivity index (χ3v) is 5.76. The summed E-state index contributed by atoms with van der Waals surface area (Å²) >= 11 is 2.18. The van der Waals surface area contributed by atoms with Crippen LogP contribution in [0.3, 0.4) is 0 Å². The molecule has 120 valence electrons. The van der Waals surface area contributed by atoms with Crippen molar-refractivity contribution >= 4 is 11.8 Å². The lowest BCUT2D eigenvalue weighted by Gasteiger charge is -2.24. The first-order chi connectivity index (χ1) is 10.2. The van der Waals surface area contributed by atoms with Gasteiger partial charge in [-0.05, 0) is 39.3 Å². The molecule has 1 saturated carbocycles. The summed E-state index contributed by atoms with van der Waals surface area (Å²) < 4.78 is 2.06. The molecule has 1 aromatic rings. The fraction of sp³-hybridized carbons (Fsp3) is 0.824. The summed E-state index contributed by atoms with van der Waals surface area (Å²) in [6.45, 7) is 7.60. The molecule has 1 aromatic heterocycles. The molecule has 0 radical (unpaired) electrons. The number of rotatable bonds is 8. The molecule has 4 heteroatoms. The molecule has 1 N–H and O–H groups in total. The first-order valence-electron chi connectivity index (χ1n) is 8.58. The van der Waals surface area contributed by atoms with E-state index in [0.29, 0.717) is 12.1 Å². The quantitative estimate of drug-likeness (QED) is 0.785. The van der Waals surface area contributed by atoms with E-state index in [9.17, 15) is 0 Å². The van der Waals surface area contributed by atoms with Gasteiger partial charge in [-0.3, -0.25) is 4.68 Å². The average Bonchev–Trinajstić information content (AvgIpc) is 2.95. The highest BCUT2D eigenvalue weighted by Gasteiger charge is 2.17. The Kier molecular flexibility index (Phi) is 7.11. The number of nitrogens with one attached hydrogen (secondary N) is 1. The Labute approximate surface area is 134 Å². The zero-order valence-electron chi connectivity index (χ0n) is 13.8. The first kappa shape index (κ1) is 16.9. The number of thioether (sulfide) groups is 1. The SMILES string of the molecule is CCNC(CSC1CCCCC1)Cc1ccn(C(C)C)n1. The van der Waals surface area contributed by atoms with E-state index in [1.807, 2.05) is 0 Å². The standard InChI is InChI=1S/C17H31N3S/c1-4-18-16(13-21-17-8-6-5-7-9-17)12-15-10-11-20(19-15)14(2)3/h10-11,14,16-18H,4-9,12-13H2,1-3H3. The monoisotopic (exact) mass is 309 g/mol. The van der Waals surface area contributed by atoms with Crippen LogP contribution in [0.15, 0.2) is 12.3 Å². The molecule has 0 aliphatic heterocycles. The van der Waals surface area contributed by atoms with Gasteiger partial charge in [0, 0.05) is 35.7 Å². The van der Waals surface area contributed by atoms with E-state index < -0.39 is 0 Å². The number of hydrogen-bond donors (Lipinski definition) is 1. The second-order valence-electron chi connectivity index (χ2n) is 6.43. The summed E-state index contributed by atoms with van der Waals surface area (Å²) in [5.74, 6) is 1.22. The molecule has 1 aliphatic carbocycles. The van der Waals surface area contributed by atoms with Crippen molar-refractivity contribution in [3.63, 3.8) is 0 Å². The molecular formula is C17H31N3S. The van der Waals surface area contributed by atoms with Gasteiger partial charge >= 0.3 is 0 Å². The molecule has 0 bridgehead atoms. The van der Waals surface area contributed by atoms with E-state index >= 15 is 0 Å². The second kappa shape index (κ2) is 8.84. The summed E-state index contributed by atoms with van der Waals surface area (Å²) in [4.78, 5) is 0. The third-order valence-electron chi connectivity index (χ3n) is 4.23. The lowest BCUT2D eigenvalue weighted by molar-refractivity contribution is 0.507. The lowest BCUT2D eigenvalue weighted by Crippen LogP contribution is -2.34. The van der Waals surface area contributed by atoms with E-state index in [1.165, 1.54) is 43.6 Å². The minimum atomic E-state index is 0.452. The third kappa shape index (κ3) is 5.67. The van der Waals surface area contributed by atoms with Gasteiger partial charge in [0.1, 0.15) is 0 Å². The van der Waals surface area contributed by atoms with E-state index in [-0.39, 0.29) is 0 Å². The Morgan fingerprint density at radius 2 is 2.10 bits per heavy atom. The predicted molar refractivity (Wildman–Crippen MR) is 93.1 cm³/mol. The molecule has 0 spiro atoms. The average molecular weight is 310 g/mol. The van der Waals surface area contributed by atoms with Gasteiger partial charge in [-0.25, -0.2) is 0 Å². The van der Waals surface area contributed by atoms with E-state index in [4.69, 9.17) is 5.10 Å². The highest BCUT2D eigenvalue weighted by atomic mass is 32.2. The summed E-state index contributed by atoms with van der Waals surface area (Å²) in [7, 11) is 0. The molecule has 0 saturated heterocycles. The molecule has 0 amide bonds. The van der Waals surface area contributed by atoms with Gasteiger partial charge in [-0.2, -0.15) is 16.9 Å². The van der Waals surface area contributed by atoms with E-state index in [1.54, 1.807) is 0 Å². The highest BCUT2D eigenvalue weighted by Crippen LogP contribution is 2.28. The predicted octanol–water partition coefficient (Wildman–Crippen LogP) is 4.05. The van der Waals surface area contributed by atoms with Crippen LogP contribution >= 0.6 is 11.8 Å². The largest absolute Gasteiger partial charge is 0.313 e. The fourth-order valence-electron chi connectivity index (χ4n) is 2.99. The van der Waals surface area contributed by atoms with Crippen LogP contribution in [0, 0.1) is 0 Å². The number of likely N-dealkylation sites (N-methyl/N-ethyl adjacent to an activating group) is 1. The maximum Gasteiger partial charge on any atom is 0.0640 e. The van der Waals surface area contributed by atoms with Crippen LogP contribution in [-0.2, 0) is 6.42 Å². The van der Waals surface area contributed by atoms with E-state index in [2.05, 4.69) is 54.8 Å². The van der Waals surface area contributed by atoms with Gasteiger partial charge in [0.15, 0.2) is 0 Å². The van der Waals surface area contributed by atoms with Crippen molar-refractivity contribution in [3.05, 3.63) is 18.0 Å². The van der Waals surface area contributed by atoms with Crippen LogP contribution < -0.4 is 5.32 Å². The molecule has 1 heterocycles. The van der Waals surface area contributed by atoms with Crippen LogP contribution in [0.25, 0.3) is 0 Å². The van der Waals surface area contributed by atoms with Crippen LogP contribution in [-0.4, -0.2) is 33.4 Å². The van der Waals surface area contributed by atoms with Crippen molar-refractivity contribution in [2.45, 2.75) is 76.6 Å². The zero-order valence-corrected chi connectivity index (χ0v) is 14.7. The fourth-order valence-corrected chi connectivity index (χ4v) is 4.40. The summed E-state index contributed by atoms with van der Waals surface area (Å²) in [5, 5.41) is 9.23. The van der Waals surface area contributed by atoms with Crippen molar-refractivity contribution in [2.75, 3.05) is 12.3 Å². The van der Waals surface area contributed by atoms with Gasteiger partial charge in [0.25, 0.3) is 0 Å². The summed E-state index contributed by atoms with van der Waals surface area (Å²) in [6.07, 6.45) is 10.3. The Bertz CT molecular complexity index is 396. The zero-order chi connectivity index (χ0) is 15.1. The maximum atomic E-state index is 4.69. The Morgan fingerprint density at radius 1 is 1.33 bits per heavy atom. The Morgan fingerprint density at radius 3 is 2.71 bits per heavy atom. The van der Waals surface area contributed by atoms with Crippen molar-refractivity contribution in [1.82, 2.24) is 15.1 Å². The van der Waals surface area contributed by atoms with Gasteiger partial charge in [-0.15, -0.1) is 0 Å². The van der Waals surface area contributed by atoms with Gasteiger partial charge < -0.3 is 5.32 Å². The number of hydrogen-bond acceptors (Lipinski definition) is 3. The van der Waals surface area contributed by atoms with Crippen molar-refractivity contribution < 1.29 is 0 Å². The normalized spacial score (nSPS) is 18.3. The number of nitrogens with zero attached hydrogens (tertiary/aromatic N) is 2. The Balaban J connectivity index is 1.82. The van der Waals surface area contributed by atoms with E-state index in [0.717, 1.165) is 18.2 Å². The first-order valence-corrected chi connectivity index (χ1v) is 9.63. The maximum absolute atomic E-state index is 4.69. The van der Waals surface area contributed by atoms with Crippen LogP contribution in [0.1, 0.15) is 64.6 Å². The summed E-state index contributed by atoms with van der Waals surface area (Å²) in [6, 6.07) is 3.18. The van der Waals surface area contributed by atoms with Gasteiger partial charge in [0.2, 0.25) is 0 Å². The topological polar surface area (TPSA) is 29.9 Å². The molecule has 21 heavy (non-hydrogen) atoms. The molecule has 1 atom stereocenters. The highest BCUT2D eigenvalue weighted by molar-refractivity contribution is 7.99. The molecule has 0 aromatic carbocycles. The molecule has 3 nitrogen and oxygen atoms in total. The van der Waals surface area contributed by atoms with Crippen LogP contribution in [0.4, 0.5) is 0 Å². The molecule has 1 unspecified atom stereocenters. The Hall–Kier alpha value is -0.480. The van der Waals surface area contributed by atoms with Gasteiger partial charge in [0.05, 0.1) is 5.69 Å². The molecule has 1 fully saturated rings. The molecule has 2 rings (SSSR count). The number of aromatic nitrogens is 2. The second-order valence-corrected chi connectivity index (χ2v) is 7.77. The minimum Gasteiger partial charge on any atom is -0.313 e. The van der Waals surface area contributed by atoms with Crippen molar-refractivity contribution in [2.24, 2.45) is 0 Å². The van der Waals surface area contributed by atoms with Crippen LogP contribution in [0.5, 0.6) is 0 Å². The van der Waals surface area contributed by atoms with Crippen molar-refractivity contribution in [3.8, 4) is 0 Å². The van der Waals surface area contributed by atoms with Gasteiger partial charge in [-0.1, -0.05) is 26.2 Å². The molecular weight excluding hydrogens is 278 g/mol. The lowest BCUT2D eigenvalue weighted by atomic mass is 10.0. The van der Waals surface area contributed by atoms with Crippen molar-refractivity contribution in [1.29, 1.82) is 0 Å². The summed E-state index contributed by atoms with van der Waals surface area (Å²) in [5.41, 5.74) is 1.22. The molecule has 1 aliphatic rings. The van der Waals surface area contributed by atoms with Crippen LogP contribution in [0.2, 0.25) is 0 Å². The smallest absolute Gasteiger partial charge is 0.0640 e.